The molecule has 0 fully saturated rings. The maximum absolute atomic E-state index is 13.9. The van der Waals surface area contributed by atoms with Gasteiger partial charge in [-0.3, -0.25) is 9.78 Å². The molecule has 0 saturated heterocycles. The number of aromatic nitrogens is 3. The Morgan fingerprint density at radius 1 is 0.933 bits per heavy atom. The number of halogens is 1. The van der Waals surface area contributed by atoms with Crippen LogP contribution in [0.25, 0.3) is 22.6 Å². The Morgan fingerprint density at radius 2 is 1.67 bits per heavy atom. The third-order valence-corrected chi connectivity index (χ3v) is 4.73. The minimum absolute atomic E-state index is 0.290. The van der Waals surface area contributed by atoms with Crippen molar-refractivity contribution in [2.24, 2.45) is 0 Å². The van der Waals surface area contributed by atoms with Crippen molar-refractivity contribution in [3.05, 3.63) is 95.7 Å². The molecule has 1 N–H and O–H groups in total. The van der Waals surface area contributed by atoms with E-state index < -0.39 is 5.91 Å². The molecule has 5 nitrogen and oxygen atoms in total. The first-order chi connectivity index (χ1) is 14.5. The second-order valence-electron chi connectivity index (χ2n) is 6.98. The highest BCUT2D eigenvalue weighted by molar-refractivity contribution is 6.08. The number of nitrogens with one attached hydrogen (secondary N) is 1. The molecule has 1 amide bonds. The fraction of sp³-hybridized carbons (Fsp3) is 0.0833. The van der Waals surface area contributed by atoms with Gasteiger partial charge in [0.05, 0.1) is 11.3 Å². The summed E-state index contributed by atoms with van der Waals surface area (Å²) in [6.45, 7) is 3.68. The lowest BCUT2D eigenvalue weighted by atomic mass is 10.1. The lowest BCUT2D eigenvalue weighted by molar-refractivity contribution is 0.102. The summed E-state index contributed by atoms with van der Waals surface area (Å²) in [5.41, 5.74) is 4.37. The average Bonchev–Trinajstić information content (AvgIpc) is 2.77. The Morgan fingerprint density at radius 3 is 2.37 bits per heavy atom. The predicted octanol–water partition coefficient (Wildman–Crippen LogP) is 5.21. The quantitative estimate of drug-likeness (QED) is 0.512. The highest BCUT2D eigenvalue weighted by Crippen LogP contribution is 2.25. The molecule has 2 aromatic heterocycles. The number of anilines is 1. The monoisotopic (exact) mass is 398 g/mol. The molecular formula is C24H19FN4O. The minimum atomic E-state index is -0.416. The molecule has 0 unspecified atom stereocenters. The van der Waals surface area contributed by atoms with Crippen LogP contribution < -0.4 is 5.32 Å². The van der Waals surface area contributed by atoms with Gasteiger partial charge in [-0.05, 0) is 43.7 Å². The van der Waals surface area contributed by atoms with Gasteiger partial charge in [0.2, 0.25) is 0 Å². The summed E-state index contributed by atoms with van der Waals surface area (Å²) in [5, 5.41) is 2.73. The Balaban J connectivity index is 1.75. The molecule has 0 atom stereocenters. The molecule has 0 spiro atoms. The fourth-order valence-electron chi connectivity index (χ4n) is 2.99. The number of carbonyl (C=O) groups excluding carboxylic acids is 1. The van der Waals surface area contributed by atoms with Gasteiger partial charge >= 0.3 is 0 Å². The maximum atomic E-state index is 13.9. The van der Waals surface area contributed by atoms with E-state index in [0.717, 1.165) is 16.7 Å². The highest BCUT2D eigenvalue weighted by Gasteiger charge is 2.17. The molecule has 4 rings (SSSR count). The van der Waals surface area contributed by atoms with E-state index in [1.165, 1.54) is 12.3 Å². The van der Waals surface area contributed by atoms with Crippen molar-refractivity contribution < 1.29 is 9.18 Å². The Kier molecular flexibility index (Phi) is 5.30. The van der Waals surface area contributed by atoms with Crippen LogP contribution in [0.5, 0.6) is 0 Å². The third-order valence-electron chi connectivity index (χ3n) is 4.73. The first-order valence-electron chi connectivity index (χ1n) is 9.43. The van der Waals surface area contributed by atoms with Crippen LogP contribution in [0.1, 0.15) is 21.5 Å². The fourth-order valence-corrected chi connectivity index (χ4v) is 2.99. The Bertz CT molecular complexity index is 1210. The zero-order valence-electron chi connectivity index (χ0n) is 16.6. The second kappa shape index (κ2) is 8.21. The van der Waals surface area contributed by atoms with Gasteiger partial charge in [-0.1, -0.05) is 35.9 Å². The molecule has 6 heteroatoms. The Hall–Kier alpha value is -3.93. The largest absolute Gasteiger partial charge is 0.322 e. The summed E-state index contributed by atoms with van der Waals surface area (Å²) in [6.07, 6.45) is 4.78. The van der Waals surface area contributed by atoms with Crippen molar-refractivity contribution in [2.45, 2.75) is 13.8 Å². The molecule has 0 saturated carbocycles. The second-order valence-corrected chi connectivity index (χ2v) is 6.98. The summed E-state index contributed by atoms with van der Waals surface area (Å²) in [5.74, 6) is -0.284. The van der Waals surface area contributed by atoms with E-state index in [0.29, 0.717) is 22.8 Å². The minimum Gasteiger partial charge on any atom is -0.322 e. The van der Waals surface area contributed by atoms with Crippen LogP contribution in [0.3, 0.4) is 0 Å². The van der Waals surface area contributed by atoms with Gasteiger partial charge in [0.25, 0.3) is 5.91 Å². The summed E-state index contributed by atoms with van der Waals surface area (Å²) >= 11 is 0. The highest BCUT2D eigenvalue weighted by atomic mass is 19.1. The van der Waals surface area contributed by atoms with E-state index in [2.05, 4.69) is 20.3 Å². The molecule has 148 valence electrons. The van der Waals surface area contributed by atoms with E-state index in [1.54, 1.807) is 43.6 Å². The van der Waals surface area contributed by atoms with Crippen molar-refractivity contribution in [1.29, 1.82) is 0 Å². The van der Waals surface area contributed by atoms with Gasteiger partial charge in [-0.2, -0.15) is 0 Å². The van der Waals surface area contributed by atoms with E-state index in [-0.39, 0.29) is 11.4 Å². The van der Waals surface area contributed by atoms with Crippen LogP contribution in [-0.2, 0) is 0 Å². The van der Waals surface area contributed by atoms with Crippen LogP contribution in [0.2, 0.25) is 0 Å². The molecule has 0 aliphatic rings. The van der Waals surface area contributed by atoms with E-state index in [1.807, 2.05) is 31.2 Å². The first-order valence-corrected chi connectivity index (χ1v) is 9.43. The van der Waals surface area contributed by atoms with Crippen molar-refractivity contribution in [3.8, 4) is 22.6 Å². The van der Waals surface area contributed by atoms with Gasteiger partial charge in [0.15, 0.2) is 5.82 Å². The van der Waals surface area contributed by atoms with Crippen LogP contribution in [0.4, 0.5) is 10.1 Å². The van der Waals surface area contributed by atoms with Gasteiger partial charge in [0.1, 0.15) is 5.82 Å². The molecule has 2 heterocycles. The predicted molar refractivity (Wildman–Crippen MR) is 115 cm³/mol. The standard InChI is InChI=1S/C24H19FN4O/c1-15-3-6-18(7-4-15)23-27-14-20(22(29-23)17-9-11-26-12-10-17)24(30)28-19-8-5-16(2)21(25)13-19/h3-14H,1-2H3,(H,28,30). The molecule has 0 radical (unpaired) electrons. The van der Waals surface area contributed by atoms with Crippen molar-refractivity contribution in [2.75, 3.05) is 5.32 Å². The summed E-state index contributed by atoms with van der Waals surface area (Å²) < 4.78 is 13.9. The number of pyridine rings is 1. The number of hydrogen-bond acceptors (Lipinski definition) is 4. The lowest BCUT2D eigenvalue weighted by Gasteiger charge is -2.12. The topological polar surface area (TPSA) is 67.8 Å². The maximum Gasteiger partial charge on any atom is 0.259 e. The molecular weight excluding hydrogens is 379 g/mol. The van der Waals surface area contributed by atoms with Crippen molar-refractivity contribution in [1.82, 2.24) is 15.0 Å². The number of amides is 1. The van der Waals surface area contributed by atoms with Crippen LogP contribution >= 0.6 is 0 Å². The summed E-state index contributed by atoms with van der Waals surface area (Å²) in [4.78, 5) is 26.1. The SMILES string of the molecule is Cc1ccc(-c2ncc(C(=O)Nc3ccc(C)c(F)c3)c(-c3ccncc3)n2)cc1. The normalized spacial score (nSPS) is 10.6. The van der Waals surface area contributed by atoms with E-state index >= 15 is 0 Å². The van der Waals surface area contributed by atoms with Crippen molar-refractivity contribution >= 4 is 11.6 Å². The molecule has 0 bridgehead atoms. The van der Waals surface area contributed by atoms with E-state index in [4.69, 9.17) is 0 Å². The van der Waals surface area contributed by atoms with Crippen LogP contribution in [0, 0.1) is 19.7 Å². The number of hydrogen-bond donors (Lipinski definition) is 1. The van der Waals surface area contributed by atoms with Gasteiger partial charge in [0, 0.05) is 35.4 Å². The zero-order valence-corrected chi connectivity index (χ0v) is 16.6. The average molecular weight is 398 g/mol. The number of nitrogens with zero attached hydrogens (tertiary/aromatic N) is 3. The first kappa shape index (κ1) is 19.4. The van der Waals surface area contributed by atoms with Gasteiger partial charge in [-0.25, -0.2) is 14.4 Å². The lowest BCUT2D eigenvalue weighted by Crippen LogP contribution is -2.15. The number of rotatable bonds is 4. The van der Waals surface area contributed by atoms with Crippen LogP contribution in [0.15, 0.2) is 73.2 Å². The molecule has 30 heavy (non-hydrogen) atoms. The zero-order chi connectivity index (χ0) is 21.1. The van der Waals surface area contributed by atoms with Crippen LogP contribution in [-0.4, -0.2) is 20.9 Å². The number of aryl methyl sites for hydroxylation is 2. The molecule has 0 aliphatic carbocycles. The van der Waals surface area contributed by atoms with Gasteiger partial charge in [-0.15, -0.1) is 0 Å². The Labute approximate surface area is 173 Å². The molecule has 4 aromatic rings. The summed E-state index contributed by atoms with van der Waals surface area (Å²) in [6, 6.07) is 16.0. The third kappa shape index (κ3) is 4.07. The number of carbonyl (C=O) groups is 1. The number of benzene rings is 2. The van der Waals surface area contributed by atoms with E-state index in [9.17, 15) is 9.18 Å². The smallest absolute Gasteiger partial charge is 0.259 e. The van der Waals surface area contributed by atoms with Gasteiger partial charge < -0.3 is 5.32 Å². The molecule has 0 aliphatic heterocycles. The van der Waals surface area contributed by atoms with Crippen molar-refractivity contribution in [3.63, 3.8) is 0 Å². The molecule has 2 aromatic carbocycles. The summed E-state index contributed by atoms with van der Waals surface area (Å²) in [7, 11) is 0.